The molecule has 0 radical (unpaired) electrons. The highest BCUT2D eigenvalue weighted by Crippen LogP contribution is 2.23. The van der Waals surface area contributed by atoms with Gasteiger partial charge in [0.25, 0.3) is 5.90 Å². The Hall–Kier alpha value is -3.36. The van der Waals surface area contributed by atoms with Crippen molar-refractivity contribution >= 4 is 23.0 Å². The summed E-state index contributed by atoms with van der Waals surface area (Å²) in [4.78, 5) is 20.8. The molecule has 9 heteroatoms. The fraction of sp³-hybridized carbons (Fsp3) is 0.455. The molecule has 1 saturated carbocycles. The number of hydrogen-bond acceptors (Lipinski definition) is 9. The van der Waals surface area contributed by atoms with Crippen molar-refractivity contribution in [2.75, 3.05) is 27.4 Å². The van der Waals surface area contributed by atoms with Gasteiger partial charge in [-0.05, 0) is 43.8 Å². The van der Waals surface area contributed by atoms with Crippen molar-refractivity contribution in [2.24, 2.45) is 20.6 Å². The zero-order valence-corrected chi connectivity index (χ0v) is 18.2. The SMILES string of the molecule is CO/N=C(C=C1CCCC1)/C(C)=N/OCc1ccccc1/C(=N\OC)C1=NOCCO1. The first-order valence-electron chi connectivity index (χ1n) is 10.2. The van der Waals surface area contributed by atoms with E-state index < -0.39 is 0 Å². The molecular formula is C22H28N4O5. The van der Waals surface area contributed by atoms with E-state index in [9.17, 15) is 0 Å². The maximum Gasteiger partial charge on any atom is 0.280 e. The molecule has 1 aromatic rings. The number of allylic oxidation sites excluding steroid dienone is 2. The monoisotopic (exact) mass is 428 g/mol. The Kier molecular flexibility index (Phi) is 8.45. The Morgan fingerprint density at radius 1 is 1.06 bits per heavy atom. The van der Waals surface area contributed by atoms with E-state index in [0.29, 0.717) is 30.3 Å². The van der Waals surface area contributed by atoms with E-state index in [1.165, 1.54) is 32.6 Å². The summed E-state index contributed by atoms with van der Waals surface area (Å²) < 4.78 is 5.58. The van der Waals surface area contributed by atoms with E-state index in [0.717, 1.165) is 24.0 Å². The number of rotatable bonds is 9. The summed E-state index contributed by atoms with van der Waals surface area (Å²) in [5, 5.41) is 16.4. The quantitative estimate of drug-likeness (QED) is 0.440. The maximum absolute atomic E-state index is 5.64. The van der Waals surface area contributed by atoms with Crippen LogP contribution in [0.5, 0.6) is 0 Å². The third kappa shape index (κ3) is 6.31. The molecule has 0 saturated heterocycles. The van der Waals surface area contributed by atoms with E-state index in [1.807, 2.05) is 37.3 Å². The lowest BCUT2D eigenvalue weighted by atomic mass is 10.0. The Morgan fingerprint density at radius 3 is 2.55 bits per heavy atom. The van der Waals surface area contributed by atoms with E-state index in [4.69, 9.17) is 24.1 Å². The van der Waals surface area contributed by atoms with Gasteiger partial charge in [0.1, 0.15) is 38.9 Å². The molecule has 1 fully saturated rings. The average Bonchev–Trinajstić information content (AvgIpc) is 3.31. The van der Waals surface area contributed by atoms with Gasteiger partial charge in [-0.3, -0.25) is 0 Å². The molecule has 0 bridgehead atoms. The van der Waals surface area contributed by atoms with Gasteiger partial charge in [-0.2, -0.15) is 0 Å². The zero-order chi connectivity index (χ0) is 21.9. The first-order chi connectivity index (χ1) is 15.2. The molecule has 1 aromatic carbocycles. The first-order valence-corrected chi connectivity index (χ1v) is 10.2. The van der Waals surface area contributed by atoms with Gasteiger partial charge in [0.15, 0.2) is 12.3 Å². The second-order valence-corrected chi connectivity index (χ2v) is 6.98. The molecule has 31 heavy (non-hydrogen) atoms. The van der Waals surface area contributed by atoms with Crippen molar-refractivity contribution in [3.8, 4) is 0 Å². The molecule has 0 spiro atoms. The van der Waals surface area contributed by atoms with Crippen molar-refractivity contribution in [2.45, 2.75) is 39.2 Å². The van der Waals surface area contributed by atoms with Crippen LogP contribution in [0.4, 0.5) is 0 Å². The Balaban J connectivity index is 1.76. The number of nitrogens with zero attached hydrogens (tertiary/aromatic N) is 4. The van der Waals surface area contributed by atoms with E-state index in [1.54, 1.807) is 0 Å². The Bertz CT molecular complexity index is 897. The average molecular weight is 428 g/mol. The molecule has 0 aromatic heterocycles. The summed E-state index contributed by atoms with van der Waals surface area (Å²) in [5.41, 5.74) is 4.67. The molecule has 1 heterocycles. The van der Waals surface area contributed by atoms with Crippen LogP contribution in [0.2, 0.25) is 0 Å². The fourth-order valence-electron chi connectivity index (χ4n) is 3.30. The predicted molar refractivity (Wildman–Crippen MR) is 118 cm³/mol. The largest absolute Gasteiger partial charge is 0.470 e. The molecule has 0 amide bonds. The number of benzene rings is 1. The summed E-state index contributed by atoms with van der Waals surface area (Å²) in [6, 6.07) is 7.60. The summed E-state index contributed by atoms with van der Waals surface area (Å²) >= 11 is 0. The highest BCUT2D eigenvalue weighted by molar-refractivity contribution is 6.46. The summed E-state index contributed by atoms with van der Waals surface area (Å²) in [7, 11) is 2.99. The van der Waals surface area contributed by atoms with Crippen molar-refractivity contribution in [1.29, 1.82) is 0 Å². The van der Waals surface area contributed by atoms with Crippen molar-refractivity contribution < 1.29 is 24.1 Å². The summed E-state index contributed by atoms with van der Waals surface area (Å²) in [6.45, 7) is 2.83. The van der Waals surface area contributed by atoms with Crippen LogP contribution in [0, 0.1) is 0 Å². The number of oxime groups is 4. The lowest BCUT2D eigenvalue weighted by Gasteiger charge is -2.16. The minimum Gasteiger partial charge on any atom is -0.470 e. The molecule has 2 aliphatic rings. The Labute approximate surface area is 182 Å². The van der Waals surface area contributed by atoms with Gasteiger partial charge in [0.2, 0.25) is 0 Å². The van der Waals surface area contributed by atoms with Crippen LogP contribution < -0.4 is 0 Å². The Morgan fingerprint density at radius 2 is 1.84 bits per heavy atom. The third-order valence-electron chi connectivity index (χ3n) is 4.79. The molecule has 0 unspecified atom stereocenters. The minimum absolute atomic E-state index is 0.210. The highest BCUT2D eigenvalue weighted by Gasteiger charge is 2.21. The van der Waals surface area contributed by atoms with Gasteiger partial charge in [0.05, 0.1) is 0 Å². The lowest BCUT2D eigenvalue weighted by molar-refractivity contribution is 0.0672. The van der Waals surface area contributed by atoms with Gasteiger partial charge >= 0.3 is 0 Å². The van der Waals surface area contributed by atoms with E-state index in [-0.39, 0.29) is 12.5 Å². The molecular weight excluding hydrogens is 400 g/mol. The maximum atomic E-state index is 5.64. The van der Waals surface area contributed by atoms with Gasteiger partial charge in [-0.1, -0.05) is 45.3 Å². The van der Waals surface area contributed by atoms with Gasteiger partial charge in [-0.25, -0.2) is 0 Å². The standard InChI is InChI=1S/C22H28N4O5/c1-16(20(24-27-2)14-17-8-4-5-9-17)23-31-15-18-10-6-7-11-19(18)21(25-28-3)22-26-30-13-12-29-22/h6-7,10-11,14H,4-5,8-9,12-13,15H2,1-3H3/b23-16+,24-20+,25-21+. The van der Waals surface area contributed by atoms with Gasteiger partial charge < -0.3 is 24.1 Å². The van der Waals surface area contributed by atoms with E-state index >= 15 is 0 Å². The second-order valence-electron chi connectivity index (χ2n) is 6.98. The molecule has 1 aliphatic heterocycles. The fourth-order valence-corrected chi connectivity index (χ4v) is 3.30. The van der Waals surface area contributed by atoms with Crippen LogP contribution in [0.15, 0.2) is 56.5 Å². The van der Waals surface area contributed by atoms with Crippen LogP contribution in [0.3, 0.4) is 0 Å². The zero-order valence-electron chi connectivity index (χ0n) is 18.2. The smallest absolute Gasteiger partial charge is 0.280 e. The molecule has 1 aliphatic carbocycles. The molecule has 9 nitrogen and oxygen atoms in total. The van der Waals surface area contributed by atoms with Crippen LogP contribution in [0.25, 0.3) is 0 Å². The van der Waals surface area contributed by atoms with E-state index in [2.05, 4.69) is 20.6 Å². The highest BCUT2D eigenvalue weighted by atomic mass is 16.7. The summed E-state index contributed by atoms with van der Waals surface area (Å²) in [5.74, 6) is 0.262. The molecule has 0 N–H and O–H groups in total. The van der Waals surface area contributed by atoms with Crippen LogP contribution in [-0.4, -0.2) is 50.5 Å². The van der Waals surface area contributed by atoms with Crippen LogP contribution in [0.1, 0.15) is 43.7 Å². The molecule has 3 rings (SSSR count). The van der Waals surface area contributed by atoms with Crippen LogP contribution in [-0.2, 0) is 30.7 Å². The number of hydrogen-bond donors (Lipinski definition) is 0. The second kappa shape index (κ2) is 11.7. The van der Waals surface area contributed by atoms with Crippen molar-refractivity contribution in [1.82, 2.24) is 0 Å². The third-order valence-corrected chi connectivity index (χ3v) is 4.79. The lowest BCUT2D eigenvalue weighted by Crippen LogP contribution is -2.26. The normalized spacial score (nSPS) is 17.5. The van der Waals surface area contributed by atoms with Gasteiger partial charge in [-0.15, -0.1) is 0 Å². The number of ether oxygens (including phenoxy) is 1. The van der Waals surface area contributed by atoms with Crippen molar-refractivity contribution in [3.63, 3.8) is 0 Å². The summed E-state index contributed by atoms with van der Waals surface area (Å²) in [6.07, 6.45) is 6.62. The molecule has 166 valence electrons. The minimum atomic E-state index is 0.210. The topological polar surface area (TPSA) is 95.6 Å². The van der Waals surface area contributed by atoms with Gasteiger partial charge in [0, 0.05) is 11.1 Å². The van der Waals surface area contributed by atoms with Crippen LogP contribution >= 0.6 is 0 Å². The molecule has 0 atom stereocenters. The first kappa shape index (κ1) is 22.3. The predicted octanol–water partition coefficient (Wildman–Crippen LogP) is 3.79. The van der Waals surface area contributed by atoms with Crippen molar-refractivity contribution in [3.05, 3.63) is 47.0 Å².